The average molecular weight is 223 g/mol. The predicted molar refractivity (Wildman–Crippen MR) is 65.1 cm³/mol. The lowest BCUT2D eigenvalue weighted by Gasteiger charge is -2.56. The van der Waals surface area contributed by atoms with E-state index in [4.69, 9.17) is 10.5 Å². The Morgan fingerprint density at radius 2 is 1.62 bits per heavy atom. The summed E-state index contributed by atoms with van der Waals surface area (Å²) in [6, 6.07) is 0. The molecule has 4 bridgehead atoms. The highest BCUT2D eigenvalue weighted by Crippen LogP contribution is 2.57. The molecule has 0 aromatic heterocycles. The van der Waals surface area contributed by atoms with E-state index in [9.17, 15) is 0 Å². The Hall–Kier alpha value is -0.0800. The molecule has 0 spiro atoms. The number of ether oxygens (including phenoxy) is 1. The molecule has 0 radical (unpaired) electrons. The van der Waals surface area contributed by atoms with E-state index in [0.29, 0.717) is 5.92 Å². The van der Waals surface area contributed by atoms with Gasteiger partial charge in [0, 0.05) is 0 Å². The zero-order valence-corrected chi connectivity index (χ0v) is 10.5. The van der Waals surface area contributed by atoms with E-state index >= 15 is 0 Å². The quantitative estimate of drug-likeness (QED) is 0.795. The third-order valence-corrected chi connectivity index (χ3v) is 5.06. The van der Waals surface area contributed by atoms with Crippen LogP contribution in [0.15, 0.2) is 0 Å². The van der Waals surface area contributed by atoms with E-state index in [1.54, 1.807) is 0 Å². The summed E-state index contributed by atoms with van der Waals surface area (Å²) in [5.41, 5.74) is 5.95. The van der Waals surface area contributed by atoms with Crippen molar-refractivity contribution in [2.75, 3.05) is 13.2 Å². The normalized spacial score (nSPS) is 47.2. The Kier molecular flexibility index (Phi) is 2.75. The molecule has 4 aliphatic rings. The Balaban J connectivity index is 1.64. The third-order valence-electron chi connectivity index (χ3n) is 5.06. The van der Waals surface area contributed by atoms with Gasteiger partial charge in [0.2, 0.25) is 0 Å². The molecule has 0 amide bonds. The molecule has 2 heteroatoms. The van der Waals surface area contributed by atoms with Crippen LogP contribution in [0.4, 0.5) is 0 Å². The van der Waals surface area contributed by atoms with Crippen LogP contribution in [0, 0.1) is 23.7 Å². The van der Waals surface area contributed by atoms with Crippen LogP contribution in [-0.2, 0) is 4.74 Å². The first-order valence-corrected chi connectivity index (χ1v) is 7.03. The number of nitrogens with two attached hydrogens (primary N) is 1. The topological polar surface area (TPSA) is 35.2 Å². The molecule has 0 aliphatic heterocycles. The van der Waals surface area contributed by atoms with Gasteiger partial charge in [0.05, 0.1) is 12.2 Å². The lowest BCUT2D eigenvalue weighted by Crippen LogP contribution is -2.52. The summed E-state index contributed by atoms with van der Waals surface area (Å²) in [7, 11) is 0. The standard InChI is InChI=1S/C14H25NO/c1-10(8-15)9-16-14-5-11-2-12(6-14)4-13(3-11)7-14/h10-13H,2-9,15H2,1H3. The van der Waals surface area contributed by atoms with E-state index < -0.39 is 0 Å². The second-order valence-corrected chi connectivity index (χ2v) is 6.75. The van der Waals surface area contributed by atoms with Crippen molar-refractivity contribution >= 4 is 0 Å². The first kappa shape index (κ1) is 11.0. The van der Waals surface area contributed by atoms with Gasteiger partial charge in [-0.1, -0.05) is 6.92 Å². The molecular weight excluding hydrogens is 198 g/mol. The van der Waals surface area contributed by atoms with Gasteiger partial charge in [0.15, 0.2) is 0 Å². The van der Waals surface area contributed by atoms with Gasteiger partial charge in [-0.3, -0.25) is 0 Å². The maximum atomic E-state index is 6.31. The maximum Gasteiger partial charge on any atom is 0.0690 e. The fourth-order valence-electron chi connectivity index (χ4n) is 4.60. The van der Waals surface area contributed by atoms with E-state index in [1.807, 2.05) is 0 Å². The minimum absolute atomic E-state index is 0.276. The van der Waals surface area contributed by atoms with Crippen LogP contribution >= 0.6 is 0 Å². The van der Waals surface area contributed by atoms with E-state index in [2.05, 4.69) is 6.92 Å². The van der Waals surface area contributed by atoms with Crippen molar-refractivity contribution in [1.29, 1.82) is 0 Å². The smallest absolute Gasteiger partial charge is 0.0690 e. The fourth-order valence-corrected chi connectivity index (χ4v) is 4.60. The first-order chi connectivity index (χ1) is 7.69. The molecule has 4 rings (SSSR count). The molecule has 2 nitrogen and oxygen atoms in total. The molecule has 0 aromatic carbocycles. The van der Waals surface area contributed by atoms with Crippen LogP contribution in [0.25, 0.3) is 0 Å². The van der Waals surface area contributed by atoms with Gasteiger partial charge in [0.1, 0.15) is 0 Å². The van der Waals surface area contributed by atoms with Crippen LogP contribution < -0.4 is 5.73 Å². The highest BCUT2D eigenvalue weighted by molar-refractivity contribution is 5.03. The summed E-state index contributed by atoms with van der Waals surface area (Å²) in [6.07, 6.45) is 8.52. The Morgan fingerprint density at radius 1 is 1.12 bits per heavy atom. The molecule has 4 saturated carbocycles. The highest BCUT2D eigenvalue weighted by atomic mass is 16.5. The minimum atomic E-state index is 0.276. The molecule has 16 heavy (non-hydrogen) atoms. The number of rotatable bonds is 4. The van der Waals surface area contributed by atoms with Crippen molar-refractivity contribution < 1.29 is 4.74 Å². The van der Waals surface area contributed by atoms with Crippen LogP contribution in [0.1, 0.15) is 45.4 Å². The molecular formula is C14H25NO. The average Bonchev–Trinajstić information content (AvgIpc) is 2.24. The second kappa shape index (κ2) is 3.99. The summed E-state index contributed by atoms with van der Waals surface area (Å²) in [5, 5.41) is 0. The van der Waals surface area contributed by atoms with Crippen LogP contribution in [-0.4, -0.2) is 18.8 Å². The van der Waals surface area contributed by atoms with Crippen molar-refractivity contribution in [2.24, 2.45) is 29.4 Å². The molecule has 92 valence electrons. The minimum Gasteiger partial charge on any atom is -0.375 e. The summed E-state index contributed by atoms with van der Waals surface area (Å²) in [5.74, 6) is 3.48. The first-order valence-electron chi connectivity index (χ1n) is 7.03. The lowest BCUT2D eigenvalue weighted by atomic mass is 9.54. The summed E-state index contributed by atoms with van der Waals surface area (Å²) in [4.78, 5) is 0. The summed E-state index contributed by atoms with van der Waals surface area (Å²) in [6.45, 7) is 3.83. The van der Waals surface area contributed by atoms with E-state index in [0.717, 1.165) is 30.9 Å². The second-order valence-electron chi connectivity index (χ2n) is 6.75. The monoisotopic (exact) mass is 223 g/mol. The van der Waals surface area contributed by atoms with Gasteiger partial charge < -0.3 is 10.5 Å². The molecule has 0 heterocycles. The van der Waals surface area contributed by atoms with Gasteiger partial charge in [-0.05, 0) is 68.7 Å². The SMILES string of the molecule is CC(CN)COC12CC3CC(CC(C3)C1)C2. The van der Waals surface area contributed by atoms with E-state index in [1.165, 1.54) is 38.5 Å². The zero-order chi connectivity index (χ0) is 11.2. The fraction of sp³-hybridized carbons (Fsp3) is 1.00. The van der Waals surface area contributed by atoms with Crippen molar-refractivity contribution in [3.8, 4) is 0 Å². The third kappa shape index (κ3) is 1.91. The lowest BCUT2D eigenvalue weighted by molar-refractivity contribution is -0.167. The van der Waals surface area contributed by atoms with Crippen LogP contribution in [0.3, 0.4) is 0 Å². The molecule has 4 aliphatic carbocycles. The Labute approximate surface area is 98.9 Å². The van der Waals surface area contributed by atoms with Gasteiger partial charge >= 0.3 is 0 Å². The molecule has 1 atom stereocenters. The largest absolute Gasteiger partial charge is 0.375 e. The molecule has 0 saturated heterocycles. The van der Waals surface area contributed by atoms with Gasteiger partial charge in [-0.15, -0.1) is 0 Å². The summed E-state index contributed by atoms with van der Waals surface area (Å²) >= 11 is 0. The van der Waals surface area contributed by atoms with Gasteiger partial charge in [-0.2, -0.15) is 0 Å². The van der Waals surface area contributed by atoms with Gasteiger partial charge in [-0.25, -0.2) is 0 Å². The predicted octanol–water partition coefficient (Wildman–Crippen LogP) is 2.57. The Bertz CT molecular complexity index is 228. The molecule has 4 fully saturated rings. The van der Waals surface area contributed by atoms with Crippen LogP contribution in [0.2, 0.25) is 0 Å². The van der Waals surface area contributed by atoms with Crippen molar-refractivity contribution in [1.82, 2.24) is 0 Å². The molecule has 2 N–H and O–H groups in total. The van der Waals surface area contributed by atoms with Gasteiger partial charge in [0.25, 0.3) is 0 Å². The van der Waals surface area contributed by atoms with Crippen molar-refractivity contribution in [2.45, 2.75) is 51.0 Å². The number of hydrogen-bond donors (Lipinski definition) is 1. The summed E-state index contributed by atoms with van der Waals surface area (Å²) < 4.78 is 6.31. The molecule has 0 aromatic rings. The Morgan fingerprint density at radius 3 is 2.06 bits per heavy atom. The maximum absolute atomic E-state index is 6.31. The van der Waals surface area contributed by atoms with Crippen LogP contribution in [0.5, 0.6) is 0 Å². The molecule has 1 unspecified atom stereocenters. The number of hydrogen-bond acceptors (Lipinski definition) is 2. The van der Waals surface area contributed by atoms with Crippen molar-refractivity contribution in [3.05, 3.63) is 0 Å². The highest BCUT2D eigenvalue weighted by Gasteiger charge is 2.51. The van der Waals surface area contributed by atoms with Crippen molar-refractivity contribution in [3.63, 3.8) is 0 Å². The van der Waals surface area contributed by atoms with E-state index in [-0.39, 0.29) is 5.60 Å². The zero-order valence-electron chi connectivity index (χ0n) is 10.5.